The van der Waals surface area contributed by atoms with Crippen molar-refractivity contribution in [3.8, 4) is 16.9 Å². The Kier molecular flexibility index (Phi) is 5.58. The predicted molar refractivity (Wildman–Crippen MR) is 121 cm³/mol. The molecule has 0 unspecified atom stereocenters. The molecule has 5 rings (SSSR count). The number of hydrogen-bond donors (Lipinski definition) is 1. The van der Waals surface area contributed by atoms with Crippen molar-refractivity contribution in [3.05, 3.63) is 84.2 Å². The van der Waals surface area contributed by atoms with E-state index in [0.29, 0.717) is 19.5 Å². The van der Waals surface area contributed by atoms with Gasteiger partial charge in [-0.3, -0.25) is 14.6 Å². The lowest BCUT2D eigenvalue weighted by Crippen LogP contribution is -2.41. The number of nitrogens with zero attached hydrogens (tertiary/aromatic N) is 2. The molecule has 2 aliphatic heterocycles. The van der Waals surface area contributed by atoms with E-state index in [1.54, 1.807) is 11.1 Å². The molecule has 2 atom stereocenters. The van der Waals surface area contributed by atoms with E-state index >= 15 is 0 Å². The van der Waals surface area contributed by atoms with Gasteiger partial charge in [-0.05, 0) is 34.9 Å². The van der Waals surface area contributed by atoms with Crippen LogP contribution in [0.5, 0.6) is 5.75 Å². The third-order valence-corrected chi connectivity index (χ3v) is 6.14. The van der Waals surface area contributed by atoms with E-state index in [0.717, 1.165) is 34.4 Å². The fourth-order valence-corrected chi connectivity index (χ4v) is 4.48. The summed E-state index contributed by atoms with van der Waals surface area (Å²) in [5, 5.41) is 2.94. The molecule has 2 aromatic carbocycles. The summed E-state index contributed by atoms with van der Waals surface area (Å²) in [4.78, 5) is 30.7. The third-order valence-electron chi connectivity index (χ3n) is 6.14. The summed E-state index contributed by atoms with van der Waals surface area (Å²) in [5.41, 5.74) is 4.44. The summed E-state index contributed by atoms with van der Waals surface area (Å²) in [6, 6.07) is 20.1. The molecule has 0 spiro atoms. The Bertz CT molecular complexity index is 1120. The molecule has 2 aliphatic rings. The smallest absolute Gasteiger partial charge is 0.239 e. The Balaban J connectivity index is 1.13. The number of likely N-dealkylation sites (tertiary alicyclic amines) is 1. The first-order valence-corrected chi connectivity index (χ1v) is 10.9. The van der Waals surface area contributed by atoms with Gasteiger partial charge >= 0.3 is 0 Å². The number of carbonyl (C=O) groups is 2. The summed E-state index contributed by atoms with van der Waals surface area (Å²) in [5.74, 6) is 0.889. The van der Waals surface area contributed by atoms with Crippen LogP contribution in [0.4, 0.5) is 0 Å². The number of benzene rings is 2. The van der Waals surface area contributed by atoms with Crippen LogP contribution in [0, 0.1) is 0 Å². The first kappa shape index (κ1) is 20.2. The molecule has 1 fully saturated rings. The SMILES string of the molecule is O=C(CN1C[C@H](c2ccccc2)CC1=O)NC[C@@H]1Cc2cc(-c3cccnc3)ccc2O1. The van der Waals surface area contributed by atoms with Gasteiger partial charge in [0, 0.05) is 43.3 Å². The summed E-state index contributed by atoms with van der Waals surface area (Å²) < 4.78 is 6.00. The molecule has 6 heteroatoms. The van der Waals surface area contributed by atoms with Crippen molar-refractivity contribution in [3.63, 3.8) is 0 Å². The maximum absolute atomic E-state index is 12.5. The van der Waals surface area contributed by atoms with Crippen LogP contribution in [0.15, 0.2) is 73.1 Å². The average Bonchev–Trinajstić information content (AvgIpc) is 3.41. The molecule has 2 amide bonds. The van der Waals surface area contributed by atoms with Gasteiger partial charge in [-0.1, -0.05) is 42.5 Å². The predicted octanol–water partition coefficient (Wildman–Crippen LogP) is 3.18. The molecule has 162 valence electrons. The highest BCUT2D eigenvalue weighted by Crippen LogP contribution is 2.32. The Labute approximate surface area is 187 Å². The Morgan fingerprint density at radius 1 is 1.06 bits per heavy atom. The van der Waals surface area contributed by atoms with Crippen molar-refractivity contribution in [2.75, 3.05) is 19.6 Å². The number of hydrogen-bond acceptors (Lipinski definition) is 4. The maximum atomic E-state index is 12.5. The summed E-state index contributed by atoms with van der Waals surface area (Å²) in [6.07, 6.45) is 4.69. The van der Waals surface area contributed by atoms with Crippen LogP contribution in [0.3, 0.4) is 0 Å². The Morgan fingerprint density at radius 3 is 2.75 bits per heavy atom. The molecule has 0 aliphatic carbocycles. The van der Waals surface area contributed by atoms with Crippen LogP contribution in [0.2, 0.25) is 0 Å². The van der Waals surface area contributed by atoms with E-state index in [9.17, 15) is 9.59 Å². The molecule has 1 N–H and O–H groups in total. The minimum atomic E-state index is -0.150. The second-order valence-corrected chi connectivity index (χ2v) is 8.40. The van der Waals surface area contributed by atoms with Crippen molar-refractivity contribution < 1.29 is 14.3 Å². The van der Waals surface area contributed by atoms with Gasteiger partial charge in [0.25, 0.3) is 0 Å². The molecule has 1 saturated heterocycles. The number of fused-ring (bicyclic) bond motifs is 1. The fraction of sp³-hybridized carbons (Fsp3) is 0.269. The molecule has 6 nitrogen and oxygen atoms in total. The molecule has 0 radical (unpaired) electrons. The monoisotopic (exact) mass is 427 g/mol. The van der Waals surface area contributed by atoms with Gasteiger partial charge in [-0.2, -0.15) is 0 Å². The van der Waals surface area contributed by atoms with E-state index in [1.807, 2.05) is 60.8 Å². The lowest BCUT2D eigenvalue weighted by molar-refractivity contribution is -0.133. The Hall–Kier alpha value is -3.67. The third kappa shape index (κ3) is 4.35. The van der Waals surface area contributed by atoms with Crippen LogP contribution in [-0.2, 0) is 16.0 Å². The van der Waals surface area contributed by atoms with Gasteiger partial charge in [0.2, 0.25) is 11.8 Å². The number of nitrogens with one attached hydrogen (secondary N) is 1. The molecule has 0 bridgehead atoms. The summed E-state index contributed by atoms with van der Waals surface area (Å²) in [6.45, 7) is 1.09. The van der Waals surface area contributed by atoms with Gasteiger partial charge in [0.1, 0.15) is 11.9 Å². The lowest BCUT2D eigenvalue weighted by Gasteiger charge is -2.17. The highest BCUT2D eigenvalue weighted by Gasteiger charge is 2.32. The molecule has 3 heterocycles. The molecule has 32 heavy (non-hydrogen) atoms. The molecule has 0 saturated carbocycles. The van der Waals surface area contributed by atoms with Crippen LogP contribution in [0.25, 0.3) is 11.1 Å². The van der Waals surface area contributed by atoms with E-state index < -0.39 is 0 Å². The van der Waals surface area contributed by atoms with Gasteiger partial charge in [0.15, 0.2) is 0 Å². The number of rotatable bonds is 6. The molecular formula is C26H25N3O3. The highest BCUT2D eigenvalue weighted by atomic mass is 16.5. The lowest BCUT2D eigenvalue weighted by atomic mass is 9.99. The van der Waals surface area contributed by atoms with E-state index in [1.165, 1.54) is 0 Å². The highest BCUT2D eigenvalue weighted by molar-refractivity contribution is 5.86. The van der Waals surface area contributed by atoms with E-state index in [4.69, 9.17) is 4.74 Å². The van der Waals surface area contributed by atoms with Crippen molar-refractivity contribution >= 4 is 11.8 Å². The zero-order valence-corrected chi connectivity index (χ0v) is 17.7. The number of amides is 2. The van der Waals surface area contributed by atoms with Crippen LogP contribution < -0.4 is 10.1 Å². The number of ether oxygens (including phenoxy) is 1. The second kappa shape index (κ2) is 8.83. The second-order valence-electron chi connectivity index (χ2n) is 8.40. The minimum Gasteiger partial charge on any atom is -0.488 e. The van der Waals surface area contributed by atoms with Crippen molar-refractivity contribution in [2.24, 2.45) is 0 Å². The van der Waals surface area contributed by atoms with Crippen molar-refractivity contribution in [2.45, 2.75) is 24.9 Å². The zero-order chi connectivity index (χ0) is 21.9. The largest absolute Gasteiger partial charge is 0.488 e. The number of carbonyl (C=O) groups excluding carboxylic acids is 2. The summed E-state index contributed by atoms with van der Waals surface area (Å²) >= 11 is 0. The van der Waals surface area contributed by atoms with E-state index in [2.05, 4.69) is 16.4 Å². The topological polar surface area (TPSA) is 71.5 Å². The number of pyridine rings is 1. The van der Waals surface area contributed by atoms with Crippen LogP contribution >= 0.6 is 0 Å². The minimum absolute atomic E-state index is 0.0291. The molecule has 1 aromatic heterocycles. The van der Waals surface area contributed by atoms with Crippen LogP contribution in [0.1, 0.15) is 23.5 Å². The van der Waals surface area contributed by atoms with E-state index in [-0.39, 0.29) is 30.4 Å². The zero-order valence-electron chi connectivity index (χ0n) is 17.7. The summed E-state index contributed by atoms with van der Waals surface area (Å²) in [7, 11) is 0. The standard InChI is InChI=1S/C26H25N3O3/c30-25(17-29-16-22(13-26(29)31)18-5-2-1-3-6-18)28-15-23-12-21-11-19(8-9-24(21)32-23)20-7-4-10-27-14-20/h1-11,14,22-23H,12-13,15-17H2,(H,28,30)/t22-,23+/m1/s1. The van der Waals surface area contributed by atoms with Gasteiger partial charge in [-0.15, -0.1) is 0 Å². The number of aromatic nitrogens is 1. The quantitative estimate of drug-likeness (QED) is 0.656. The maximum Gasteiger partial charge on any atom is 0.239 e. The Morgan fingerprint density at radius 2 is 1.94 bits per heavy atom. The first-order chi connectivity index (χ1) is 15.7. The van der Waals surface area contributed by atoms with Gasteiger partial charge in [0.05, 0.1) is 13.1 Å². The average molecular weight is 428 g/mol. The molecule has 3 aromatic rings. The van der Waals surface area contributed by atoms with Gasteiger partial charge < -0.3 is 15.0 Å². The fourth-order valence-electron chi connectivity index (χ4n) is 4.48. The van der Waals surface area contributed by atoms with Crippen LogP contribution in [-0.4, -0.2) is 47.4 Å². The first-order valence-electron chi connectivity index (χ1n) is 10.9. The molecular weight excluding hydrogens is 402 g/mol. The van der Waals surface area contributed by atoms with Gasteiger partial charge in [-0.25, -0.2) is 0 Å². The van der Waals surface area contributed by atoms with Crippen molar-refractivity contribution in [1.82, 2.24) is 15.2 Å². The normalized spacial score (nSPS) is 19.5. The van der Waals surface area contributed by atoms with Crippen molar-refractivity contribution in [1.29, 1.82) is 0 Å².